The van der Waals surface area contributed by atoms with Crippen molar-refractivity contribution in [2.45, 2.75) is 32.6 Å². The summed E-state index contributed by atoms with van der Waals surface area (Å²) in [6.07, 6.45) is 4.81. The lowest BCUT2D eigenvalue weighted by Crippen LogP contribution is -2.37. The Hall–Kier alpha value is -1.67. The van der Waals surface area contributed by atoms with Crippen molar-refractivity contribution in [3.63, 3.8) is 0 Å². The van der Waals surface area contributed by atoms with E-state index in [0.29, 0.717) is 31.1 Å². The number of ether oxygens (including phenoxy) is 1. The normalized spacial score (nSPS) is 15.0. The van der Waals surface area contributed by atoms with Gasteiger partial charge in [0, 0.05) is 19.6 Å². The van der Waals surface area contributed by atoms with Gasteiger partial charge in [-0.05, 0) is 6.42 Å². The summed E-state index contributed by atoms with van der Waals surface area (Å²) in [5.41, 5.74) is 2.50. The molecule has 21 heavy (non-hydrogen) atoms. The molecule has 0 aromatic carbocycles. The number of nitrogens with zero attached hydrogens (tertiary/aromatic N) is 4. The minimum Gasteiger partial charge on any atom is -0.378 e. The van der Waals surface area contributed by atoms with Crippen LogP contribution in [0.3, 0.4) is 0 Å². The van der Waals surface area contributed by atoms with Crippen molar-refractivity contribution < 1.29 is 4.74 Å². The van der Waals surface area contributed by atoms with Crippen LogP contribution in [0, 0.1) is 0 Å². The largest absolute Gasteiger partial charge is 0.378 e. The minimum atomic E-state index is 0.377. The molecule has 1 aromatic heterocycles. The summed E-state index contributed by atoms with van der Waals surface area (Å²) in [4.78, 5) is 15.1. The minimum absolute atomic E-state index is 0.377. The highest BCUT2D eigenvalue weighted by Gasteiger charge is 2.16. The number of rotatable bonds is 8. The van der Waals surface area contributed by atoms with Gasteiger partial charge in [0.1, 0.15) is 0 Å². The van der Waals surface area contributed by atoms with Gasteiger partial charge in [0.15, 0.2) is 0 Å². The van der Waals surface area contributed by atoms with Crippen LogP contribution in [0.25, 0.3) is 0 Å². The number of unbranched alkanes of at least 4 members (excludes halogenated alkanes) is 3. The molecule has 0 amide bonds. The zero-order chi connectivity index (χ0) is 14.9. The van der Waals surface area contributed by atoms with Crippen molar-refractivity contribution in [2.75, 3.05) is 48.5 Å². The Morgan fingerprint density at radius 3 is 2.57 bits per heavy atom. The number of anilines is 3. The second-order valence-electron chi connectivity index (χ2n) is 5.01. The molecule has 0 atom stereocenters. The highest BCUT2D eigenvalue weighted by Crippen LogP contribution is 2.14. The summed E-state index contributed by atoms with van der Waals surface area (Å²) in [5, 5.41) is 3.24. The third-order valence-electron chi connectivity index (χ3n) is 3.36. The quantitative estimate of drug-likeness (QED) is 0.371. The van der Waals surface area contributed by atoms with Gasteiger partial charge in [-0.25, -0.2) is 5.84 Å². The molecule has 8 nitrogen and oxygen atoms in total. The summed E-state index contributed by atoms with van der Waals surface area (Å²) in [5.74, 6) is 7.02. The number of hydrogen-bond donors (Lipinski definition) is 3. The van der Waals surface area contributed by atoms with E-state index in [2.05, 4.69) is 37.5 Å². The Morgan fingerprint density at radius 1 is 1.10 bits per heavy atom. The molecule has 1 aromatic rings. The van der Waals surface area contributed by atoms with E-state index < -0.39 is 0 Å². The van der Waals surface area contributed by atoms with Gasteiger partial charge in [0.05, 0.1) is 13.2 Å². The molecular formula is C13H25N7O. The SMILES string of the molecule is CCCCCCNc1nc(NN)nc(N2CCOCC2)n1. The van der Waals surface area contributed by atoms with E-state index in [-0.39, 0.29) is 0 Å². The molecule has 1 fully saturated rings. The molecule has 1 saturated heterocycles. The lowest BCUT2D eigenvalue weighted by Gasteiger charge is -2.27. The zero-order valence-electron chi connectivity index (χ0n) is 12.6. The van der Waals surface area contributed by atoms with Gasteiger partial charge in [0.25, 0.3) is 0 Å². The molecule has 0 radical (unpaired) electrons. The van der Waals surface area contributed by atoms with Crippen molar-refractivity contribution in [3.8, 4) is 0 Å². The molecule has 0 saturated carbocycles. The van der Waals surface area contributed by atoms with E-state index in [1.54, 1.807) is 0 Å². The predicted molar refractivity (Wildman–Crippen MR) is 83.3 cm³/mol. The first-order valence-electron chi connectivity index (χ1n) is 7.62. The molecule has 4 N–H and O–H groups in total. The highest BCUT2D eigenvalue weighted by molar-refractivity contribution is 5.43. The first-order chi connectivity index (χ1) is 10.3. The van der Waals surface area contributed by atoms with E-state index in [1.165, 1.54) is 19.3 Å². The van der Waals surface area contributed by atoms with Crippen molar-refractivity contribution in [2.24, 2.45) is 5.84 Å². The smallest absolute Gasteiger partial charge is 0.243 e. The molecule has 118 valence electrons. The average molecular weight is 295 g/mol. The van der Waals surface area contributed by atoms with Gasteiger partial charge < -0.3 is 15.0 Å². The Bertz CT molecular complexity index is 423. The van der Waals surface area contributed by atoms with Crippen LogP contribution in [0.1, 0.15) is 32.6 Å². The topological polar surface area (TPSA) is 101 Å². The van der Waals surface area contributed by atoms with E-state index in [9.17, 15) is 0 Å². The standard InChI is InChI=1S/C13H25N7O/c1-2-3-4-5-6-15-11-16-12(19-14)18-13(17-11)20-7-9-21-10-8-20/h2-10,14H2,1H3,(H2,15,16,17,18,19). The molecule has 2 heterocycles. The number of hydrazine groups is 1. The van der Waals surface area contributed by atoms with Crippen molar-refractivity contribution >= 4 is 17.8 Å². The number of nitrogen functional groups attached to an aromatic ring is 1. The van der Waals surface area contributed by atoms with Crippen molar-refractivity contribution in [3.05, 3.63) is 0 Å². The monoisotopic (exact) mass is 295 g/mol. The average Bonchev–Trinajstić information content (AvgIpc) is 2.55. The van der Waals surface area contributed by atoms with Gasteiger partial charge in [-0.3, -0.25) is 5.43 Å². The Kier molecular flexibility index (Phi) is 6.42. The van der Waals surface area contributed by atoms with Crippen LogP contribution in [0.15, 0.2) is 0 Å². The molecule has 8 heteroatoms. The predicted octanol–water partition coefficient (Wildman–Crippen LogP) is 0.986. The number of aromatic nitrogens is 3. The van der Waals surface area contributed by atoms with E-state index in [4.69, 9.17) is 10.6 Å². The maximum atomic E-state index is 5.44. The summed E-state index contributed by atoms with van der Waals surface area (Å²) in [6, 6.07) is 0. The van der Waals surface area contributed by atoms with Crippen LogP contribution >= 0.6 is 0 Å². The molecule has 2 rings (SSSR count). The molecule has 0 spiro atoms. The second kappa shape index (κ2) is 8.58. The van der Waals surface area contributed by atoms with E-state index >= 15 is 0 Å². The summed E-state index contributed by atoms with van der Waals surface area (Å²) in [6.45, 7) is 6.01. The lowest BCUT2D eigenvalue weighted by atomic mass is 10.2. The number of morpholine rings is 1. The fraction of sp³-hybridized carbons (Fsp3) is 0.769. The third kappa shape index (κ3) is 4.98. The first-order valence-corrected chi connectivity index (χ1v) is 7.62. The lowest BCUT2D eigenvalue weighted by molar-refractivity contribution is 0.122. The van der Waals surface area contributed by atoms with Gasteiger partial charge >= 0.3 is 0 Å². The Morgan fingerprint density at radius 2 is 1.86 bits per heavy atom. The van der Waals surface area contributed by atoms with Crippen LogP contribution in [-0.4, -0.2) is 47.8 Å². The van der Waals surface area contributed by atoms with Crippen LogP contribution in [-0.2, 0) is 4.74 Å². The molecular weight excluding hydrogens is 270 g/mol. The molecule has 0 unspecified atom stereocenters. The molecule has 0 aliphatic carbocycles. The summed E-state index contributed by atoms with van der Waals surface area (Å²) >= 11 is 0. The van der Waals surface area contributed by atoms with Crippen LogP contribution in [0.4, 0.5) is 17.8 Å². The van der Waals surface area contributed by atoms with Gasteiger partial charge in [-0.15, -0.1) is 0 Å². The Balaban J connectivity index is 1.96. The number of nitrogens with one attached hydrogen (secondary N) is 2. The summed E-state index contributed by atoms with van der Waals surface area (Å²) < 4.78 is 5.34. The van der Waals surface area contributed by atoms with Crippen LogP contribution < -0.4 is 21.5 Å². The van der Waals surface area contributed by atoms with E-state index in [1.807, 2.05) is 0 Å². The Labute approximate surface area is 125 Å². The van der Waals surface area contributed by atoms with Crippen LogP contribution in [0.5, 0.6) is 0 Å². The van der Waals surface area contributed by atoms with Gasteiger partial charge in [-0.2, -0.15) is 15.0 Å². The highest BCUT2D eigenvalue weighted by atomic mass is 16.5. The number of nitrogens with two attached hydrogens (primary N) is 1. The fourth-order valence-electron chi connectivity index (χ4n) is 2.17. The number of hydrogen-bond acceptors (Lipinski definition) is 8. The third-order valence-corrected chi connectivity index (χ3v) is 3.36. The van der Waals surface area contributed by atoms with Crippen molar-refractivity contribution in [1.29, 1.82) is 0 Å². The van der Waals surface area contributed by atoms with Gasteiger partial charge in [0.2, 0.25) is 17.8 Å². The first kappa shape index (κ1) is 15.7. The van der Waals surface area contributed by atoms with Crippen molar-refractivity contribution in [1.82, 2.24) is 15.0 Å². The van der Waals surface area contributed by atoms with Gasteiger partial charge in [-0.1, -0.05) is 26.2 Å². The van der Waals surface area contributed by atoms with Crippen LogP contribution in [0.2, 0.25) is 0 Å². The molecule has 1 aliphatic rings. The molecule has 1 aliphatic heterocycles. The second-order valence-corrected chi connectivity index (χ2v) is 5.01. The van der Waals surface area contributed by atoms with E-state index in [0.717, 1.165) is 26.1 Å². The maximum absolute atomic E-state index is 5.44. The summed E-state index contributed by atoms with van der Waals surface area (Å²) in [7, 11) is 0. The zero-order valence-corrected chi connectivity index (χ0v) is 12.6. The molecule has 0 bridgehead atoms. The fourth-order valence-corrected chi connectivity index (χ4v) is 2.17. The maximum Gasteiger partial charge on any atom is 0.243 e.